The van der Waals surface area contributed by atoms with Crippen molar-refractivity contribution in [2.45, 2.75) is 102 Å². The van der Waals surface area contributed by atoms with Crippen LogP contribution in [0, 0.1) is 17.8 Å². The fourth-order valence-corrected chi connectivity index (χ4v) is 8.50. The van der Waals surface area contributed by atoms with Crippen molar-refractivity contribution in [3.8, 4) is 0 Å². The van der Waals surface area contributed by atoms with Crippen LogP contribution in [0.25, 0.3) is 10.8 Å². The van der Waals surface area contributed by atoms with Gasteiger partial charge in [0.15, 0.2) is 0 Å². The van der Waals surface area contributed by atoms with Crippen molar-refractivity contribution in [3.05, 3.63) is 46.5 Å². The van der Waals surface area contributed by atoms with Crippen LogP contribution in [0.15, 0.2) is 24.3 Å². The van der Waals surface area contributed by atoms with E-state index in [4.69, 9.17) is 0 Å². The van der Waals surface area contributed by atoms with E-state index in [1.807, 2.05) is 0 Å². The first-order valence-corrected chi connectivity index (χ1v) is 15.3. The highest BCUT2D eigenvalue weighted by Gasteiger charge is 2.44. The highest BCUT2D eigenvalue weighted by atomic mass is 16.2. The number of hydrogen-bond acceptors (Lipinski definition) is 4. The second-order valence-corrected chi connectivity index (χ2v) is 12.9. The number of imide groups is 2. The van der Waals surface area contributed by atoms with E-state index >= 15 is 0 Å². The minimum atomic E-state index is -0.291. The molecule has 0 aromatic heterocycles. The molecule has 3 aliphatic carbocycles. The highest BCUT2D eigenvalue weighted by molar-refractivity contribution is 6.33. The molecule has 0 N–H and O–H groups in total. The van der Waals surface area contributed by atoms with E-state index in [9.17, 15) is 19.2 Å². The van der Waals surface area contributed by atoms with Crippen molar-refractivity contribution in [2.75, 3.05) is 0 Å². The number of amides is 4. The molecule has 5 aliphatic rings. The Morgan fingerprint density at radius 1 is 0.487 bits per heavy atom. The van der Waals surface area contributed by atoms with Crippen LogP contribution in [0.3, 0.4) is 0 Å². The molecular formula is C33H38N2O4. The third kappa shape index (κ3) is 3.88. The summed E-state index contributed by atoms with van der Waals surface area (Å²) < 4.78 is 0. The zero-order valence-electron chi connectivity index (χ0n) is 22.9. The lowest BCUT2D eigenvalue weighted by Crippen LogP contribution is -2.50. The molecule has 3 fully saturated rings. The summed E-state index contributed by atoms with van der Waals surface area (Å²) in [6, 6.07) is 6.68. The summed E-state index contributed by atoms with van der Waals surface area (Å²) in [6.45, 7) is 2.35. The molecule has 204 valence electrons. The molecular weight excluding hydrogens is 488 g/mol. The predicted octanol–water partition coefficient (Wildman–Crippen LogP) is 6.75. The summed E-state index contributed by atoms with van der Waals surface area (Å²) in [5.74, 6) is 1.19. The SMILES string of the molecule is CC1CCC(C2CCC(N3C(=O)c4ccc5c6c(ccc(c46)C3=O)C(=O)N(C3CCCCC3)C5=O)CC2)CC1. The van der Waals surface area contributed by atoms with Gasteiger partial charge in [0.25, 0.3) is 23.6 Å². The minimum absolute atomic E-state index is 0.0832. The maximum atomic E-state index is 13.9. The number of hydrogen-bond donors (Lipinski definition) is 0. The summed E-state index contributed by atoms with van der Waals surface area (Å²) in [7, 11) is 0. The molecule has 0 spiro atoms. The molecule has 0 unspecified atom stereocenters. The molecule has 2 aromatic carbocycles. The van der Waals surface area contributed by atoms with Gasteiger partial charge in [-0.25, -0.2) is 0 Å². The van der Waals surface area contributed by atoms with Crippen LogP contribution in [0.2, 0.25) is 0 Å². The lowest BCUT2D eigenvalue weighted by molar-refractivity contribution is 0.0446. The normalized spacial score (nSPS) is 29.9. The summed E-state index contributed by atoms with van der Waals surface area (Å²) in [5.41, 5.74) is 1.76. The van der Waals surface area contributed by atoms with Gasteiger partial charge in [0, 0.05) is 45.1 Å². The number of benzene rings is 2. The second-order valence-electron chi connectivity index (χ2n) is 12.9. The standard InChI is InChI=1S/C33H38N2O4/c1-19-7-9-20(10-8-19)21-11-13-23(14-12-21)35-32(38)26-17-15-24-28-25(16-18-27(29(26)28)33(35)39)31(37)34(30(24)36)22-5-3-2-4-6-22/h15-23H,2-14H2,1H3. The first-order valence-electron chi connectivity index (χ1n) is 15.3. The van der Waals surface area contributed by atoms with E-state index in [1.165, 1.54) is 35.5 Å². The second kappa shape index (κ2) is 9.57. The quantitative estimate of drug-likeness (QED) is 0.415. The van der Waals surface area contributed by atoms with Gasteiger partial charge in [0.2, 0.25) is 0 Å². The third-order valence-corrected chi connectivity index (χ3v) is 10.7. The Kier molecular flexibility index (Phi) is 6.13. The molecule has 0 atom stereocenters. The molecule has 2 heterocycles. The molecule has 0 bridgehead atoms. The fraction of sp³-hybridized carbons (Fsp3) is 0.576. The van der Waals surface area contributed by atoms with Crippen LogP contribution < -0.4 is 0 Å². The maximum absolute atomic E-state index is 13.9. The van der Waals surface area contributed by atoms with Gasteiger partial charge in [-0.3, -0.25) is 29.0 Å². The lowest BCUT2D eigenvalue weighted by Gasteiger charge is -2.41. The zero-order chi connectivity index (χ0) is 26.8. The first-order chi connectivity index (χ1) is 18.9. The molecule has 0 radical (unpaired) electrons. The van der Waals surface area contributed by atoms with Crippen molar-refractivity contribution in [3.63, 3.8) is 0 Å². The molecule has 6 heteroatoms. The number of carbonyl (C=O) groups is 4. The van der Waals surface area contributed by atoms with Crippen LogP contribution in [0.4, 0.5) is 0 Å². The average molecular weight is 527 g/mol. The molecule has 4 amide bonds. The average Bonchev–Trinajstić information content (AvgIpc) is 2.96. The topological polar surface area (TPSA) is 74.8 Å². The van der Waals surface area contributed by atoms with Crippen molar-refractivity contribution >= 4 is 34.4 Å². The number of carbonyl (C=O) groups excluding carboxylic acids is 4. The van der Waals surface area contributed by atoms with E-state index in [0.717, 1.165) is 69.6 Å². The summed E-state index contributed by atoms with van der Waals surface area (Å²) in [4.78, 5) is 57.9. The number of nitrogens with zero attached hydrogens (tertiary/aromatic N) is 2. The van der Waals surface area contributed by atoms with Gasteiger partial charge in [-0.15, -0.1) is 0 Å². The highest BCUT2D eigenvalue weighted by Crippen LogP contribution is 2.44. The monoisotopic (exact) mass is 526 g/mol. The summed E-state index contributed by atoms with van der Waals surface area (Å²) in [5, 5.41) is 0.981. The number of rotatable bonds is 3. The molecule has 39 heavy (non-hydrogen) atoms. The van der Waals surface area contributed by atoms with Gasteiger partial charge in [-0.1, -0.05) is 39.0 Å². The fourth-order valence-electron chi connectivity index (χ4n) is 8.50. The Hall–Kier alpha value is -3.02. The Balaban J connectivity index is 1.18. The molecule has 0 saturated heterocycles. The summed E-state index contributed by atoms with van der Waals surface area (Å²) in [6.07, 6.45) is 14.0. The van der Waals surface area contributed by atoms with Gasteiger partial charge in [0.1, 0.15) is 0 Å². The van der Waals surface area contributed by atoms with Crippen molar-refractivity contribution in [1.29, 1.82) is 0 Å². The van der Waals surface area contributed by atoms with E-state index in [1.54, 1.807) is 24.3 Å². The van der Waals surface area contributed by atoms with Crippen LogP contribution in [-0.4, -0.2) is 45.5 Å². The van der Waals surface area contributed by atoms with E-state index in [0.29, 0.717) is 38.9 Å². The van der Waals surface area contributed by atoms with Crippen LogP contribution in [0.1, 0.15) is 132 Å². The predicted molar refractivity (Wildman–Crippen MR) is 149 cm³/mol. The van der Waals surface area contributed by atoms with Crippen molar-refractivity contribution in [1.82, 2.24) is 9.80 Å². The largest absolute Gasteiger partial charge is 0.271 e. The van der Waals surface area contributed by atoms with Crippen molar-refractivity contribution in [2.24, 2.45) is 17.8 Å². The van der Waals surface area contributed by atoms with Gasteiger partial charge in [-0.2, -0.15) is 0 Å². The summed E-state index contributed by atoms with van der Waals surface area (Å²) >= 11 is 0. The zero-order valence-corrected chi connectivity index (χ0v) is 22.9. The molecule has 2 aliphatic heterocycles. The Morgan fingerprint density at radius 2 is 0.846 bits per heavy atom. The Morgan fingerprint density at radius 3 is 1.26 bits per heavy atom. The Labute approximate surface area is 230 Å². The van der Waals surface area contributed by atoms with Crippen LogP contribution in [0.5, 0.6) is 0 Å². The maximum Gasteiger partial charge on any atom is 0.261 e. The molecule has 7 rings (SSSR count). The van der Waals surface area contributed by atoms with Gasteiger partial charge >= 0.3 is 0 Å². The van der Waals surface area contributed by atoms with Gasteiger partial charge in [-0.05, 0) is 93.4 Å². The van der Waals surface area contributed by atoms with Crippen molar-refractivity contribution < 1.29 is 19.2 Å². The first kappa shape index (κ1) is 25.0. The van der Waals surface area contributed by atoms with Crippen LogP contribution in [-0.2, 0) is 0 Å². The smallest absolute Gasteiger partial charge is 0.261 e. The van der Waals surface area contributed by atoms with E-state index in [-0.39, 0.29) is 35.7 Å². The molecule has 3 saturated carbocycles. The third-order valence-electron chi connectivity index (χ3n) is 10.7. The van der Waals surface area contributed by atoms with E-state index in [2.05, 4.69) is 6.92 Å². The Bertz CT molecular complexity index is 1300. The lowest BCUT2D eigenvalue weighted by atomic mass is 9.70. The van der Waals surface area contributed by atoms with Gasteiger partial charge < -0.3 is 0 Å². The minimum Gasteiger partial charge on any atom is -0.271 e. The van der Waals surface area contributed by atoms with Gasteiger partial charge in [0.05, 0.1) is 0 Å². The molecule has 2 aromatic rings. The van der Waals surface area contributed by atoms with E-state index < -0.39 is 0 Å². The molecule has 6 nitrogen and oxygen atoms in total. The van der Waals surface area contributed by atoms with Crippen LogP contribution >= 0.6 is 0 Å².